The van der Waals surface area contributed by atoms with Crippen LogP contribution < -0.4 is 0 Å². The van der Waals surface area contributed by atoms with Crippen molar-refractivity contribution in [2.75, 3.05) is 0 Å². The zero-order valence-electron chi connectivity index (χ0n) is 17.5. The van der Waals surface area contributed by atoms with Gasteiger partial charge < -0.3 is 5.11 Å². The number of hydrogen-bond acceptors (Lipinski definition) is 1. The van der Waals surface area contributed by atoms with E-state index < -0.39 is 5.97 Å². The molecule has 0 unspecified atom stereocenters. The first-order valence-electron chi connectivity index (χ1n) is 11.0. The second-order valence-corrected chi connectivity index (χ2v) is 7.51. The summed E-state index contributed by atoms with van der Waals surface area (Å²) in [5.41, 5.74) is 0. The first-order valence-corrected chi connectivity index (χ1v) is 11.0. The first kappa shape index (κ1) is 28.5. The molecular weight excluding hydrogens is 382 g/mol. The van der Waals surface area contributed by atoms with Crippen LogP contribution in [0.25, 0.3) is 0 Å². The van der Waals surface area contributed by atoms with E-state index >= 15 is 0 Å². The van der Waals surface area contributed by atoms with Gasteiger partial charge in [-0.3, -0.25) is 4.79 Å². The molecule has 1 radical (unpaired) electrons. The van der Waals surface area contributed by atoms with Crippen LogP contribution in [0.2, 0.25) is 0 Å². The zero-order valence-corrected chi connectivity index (χ0v) is 22.4. The molecule has 0 spiro atoms. The van der Waals surface area contributed by atoms with Crippen molar-refractivity contribution in [3.8, 4) is 0 Å². The molecule has 0 atom stereocenters. The predicted octanol–water partition coefficient (Wildman–Crippen LogP) is 7.51. The minimum Gasteiger partial charge on any atom is -0.481 e. The molecule has 0 aromatic carbocycles. The summed E-state index contributed by atoms with van der Waals surface area (Å²) in [6.07, 6.45) is 26.1. The van der Waals surface area contributed by atoms with E-state index in [1.807, 2.05) is 0 Å². The maximum atomic E-state index is 10.4. The topological polar surface area (TPSA) is 37.3 Å². The normalized spacial score (nSPS) is 10.6. The van der Waals surface area contributed by atoms with Gasteiger partial charge in [-0.1, -0.05) is 122 Å². The van der Waals surface area contributed by atoms with Crippen LogP contribution in [0.1, 0.15) is 135 Å². The number of rotatable bonds is 20. The molecule has 0 rings (SSSR count). The SMILES string of the molecule is CCCCCCCCCCCCCCCCCCCCCC(=O)O.[Rb]. The third kappa shape index (κ3) is 27.6. The van der Waals surface area contributed by atoms with Crippen LogP contribution in [0.3, 0.4) is 0 Å². The van der Waals surface area contributed by atoms with E-state index in [1.54, 1.807) is 0 Å². The number of carbonyl (C=O) groups is 1. The molecule has 0 fully saturated rings. The van der Waals surface area contributed by atoms with Crippen molar-refractivity contribution in [3.05, 3.63) is 0 Å². The monoisotopic (exact) mass is 425 g/mol. The maximum Gasteiger partial charge on any atom is 0.303 e. The van der Waals surface area contributed by atoms with Gasteiger partial charge in [-0.2, -0.15) is 0 Å². The van der Waals surface area contributed by atoms with E-state index in [4.69, 9.17) is 5.11 Å². The summed E-state index contributed by atoms with van der Waals surface area (Å²) in [4.78, 5) is 10.4. The summed E-state index contributed by atoms with van der Waals surface area (Å²) in [5.74, 6) is -0.651. The largest absolute Gasteiger partial charge is 0.481 e. The standard InChI is InChI=1S/C22H44O2.Rb/c1-2-3-4-5-6-7-8-9-10-11-12-13-14-15-16-17-18-19-20-21-22(23)24;/h2-21H2,1H3,(H,23,24);. The summed E-state index contributed by atoms with van der Waals surface area (Å²) >= 11 is 0. The maximum absolute atomic E-state index is 10.4. The van der Waals surface area contributed by atoms with Crippen molar-refractivity contribution in [3.63, 3.8) is 0 Å². The third-order valence-electron chi connectivity index (χ3n) is 4.99. The van der Waals surface area contributed by atoms with Gasteiger partial charge in [-0.15, -0.1) is 0 Å². The van der Waals surface area contributed by atoms with E-state index in [0.29, 0.717) is 6.42 Å². The Hall–Kier alpha value is 1.28. The molecule has 3 heteroatoms. The summed E-state index contributed by atoms with van der Waals surface area (Å²) in [6.45, 7) is 2.28. The number of hydrogen-bond donors (Lipinski definition) is 1. The third-order valence-corrected chi connectivity index (χ3v) is 4.99. The fourth-order valence-corrected chi connectivity index (χ4v) is 3.35. The average molecular weight is 426 g/mol. The Labute approximate surface area is 207 Å². The summed E-state index contributed by atoms with van der Waals surface area (Å²) in [6, 6.07) is 0. The smallest absolute Gasteiger partial charge is 0.303 e. The van der Waals surface area contributed by atoms with E-state index in [9.17, 15) is 4.79 Å². The van der Waals surface area contributed by atoms with Gasteiger partial charge in [-0.05, 0) is 6.42 Å². The van der Waals surface area contributed by atoms with Crippen molar-refractivity contribution in [1.29, 1.82) is 0 Å². The zero-order chi connectivity index (χ0) is 17.7. The van der Waals surface area contributed by atoms with E-state index in [-0.39, 0.29) is 58.2 Å². The molecule has 0 aliphatic heterocycles. The van der Waals surface area contributed by atoms with E-state index in [2.05, 4.69) is 6.92 Å². The Balaban J connectivity index is 0. The minimum absolute atomic E-state index is 0. The molecule has 25 heavy (non-hydrogen) atoms. The quantitative estimate of drug-likeness (QED) is 0.205. The summed E-state index contributed by atoms with van der Waals surface area (Å²) < 4.78 is 0. The van der Waals surface area contributed by atoms with Crippen LogP contribution in [0.5, 0.6) is 0 Å². The number of carboxylic acids is 1. The molecule has 0 heterocycles. The number of unbranched alkanes of at least 4 members (excludes halogenated alkanes) is 18. The first-order chi connectivity index (χ1) is 11.8. The molecule has 145 valence electrons. The summed E-state index contributed by atoms with van der Waals surface area (Å²) in [7, 11) is 0. The molecular formula is C22H44O2Rb. The van der Waals surface area contributed by atoms with Gasteiger partial charge in [0.25, 0.3) is 0 Å². The molecule has 0 bridgehead atoms. The average Bonchev–Trinajstić information content (AvgIpc) is 2.56. The van der Waals surface area contributed by atoms with Crippen LogP contribution >= 0.6 is 0 Å². The number of aliphatic carboxylic acids is 1. The molecule has 0 amide bonds. The van der Waals surface area contributed by atoms with Gasteiger partial charge in [-0.25, -0.2) is 0 Å². The van der Waals surface area contributed by atoms with Crippen LogP contribution in [0, 0.1) is 0 Å². The summed E-state index contributed by atoms with van der Waals surface area (Å²) in [5, 5.41) is 8.56. The van der Waals surface area contributed by atoms with E-state index in [1.165, 1.54) is 109 Å². The Morgan fingerprint density at radius 3 is 1.00 bits per heavy atom. The molecule has 0 aromatic heterocycles. The van der Waals surface area contributed by atoms with Crippen molar-refractivity contribution < 1.29 is 9.90 Å². The van der Waals surface area contributed by atoms with Crippen LogP contribution in [-0.2, 0) is 4.79 Å². The van der Waals surface area contributed by atoms with Crippen molar-refractivity contribution in [1.82, 2.24) is 0 Å². The van der Waals surface area contributed by atoms with Gasteiger partial charge in [0.2, 0.25) is 0 Å². The van der Waals surface area contributed by atoms with E-state index in [0.717, 1.165) is 12.8 Å². The Morgan fingerprint density at radius 1 is 0.520 bits per heavy atom. The molecule has 1 N–H and O–H groups in total. The van der Waals surface area contributed by atoms with Gasteiger partial charge >= 0.3 is 5.97 Å². The molecule has 0 aliphatic rings. The number of carboxylic acid groups (broad SMARTS) is 1. The second-order valence-electron chi connectivity index (χ2n) is 7.51. The van der Waals surface area contributed by atoms with Gasteiger partial charge in [0.1, 0.15) is 0 Å². The van der Waals surface area contributed by atoms with Gasteiger partial charge in [0.15, 0.2) is 0 Å². The van der Waals surface area contributed by atoms with Crippen molar-refractivity contribution >= 4 is 64.2 Å². The Bertz CT molecular complexity index is 256. The van der Waals surface area contributed by atoms with Gasteiger partial charge in [0.05, 0.1) is 0 Å². The van der Waals surface area contributed by atoms with Crippen LogP contribution in [0.4, 0.5) is 0 Å². The van der Waals surface area contributed by atoms with Crippen LogP contribution in [0.15, 0.2) is 0 Å². The van der Waals surface area contributed by atoms with Crippen molar-refractivity contribution in [2.24, 2.45) is 0 Å². The second kappa shape index (κ2) is 25.3. The van der Waals surface area contributed by atoms with Gasteiger partial charge in [0, 0.05) is 64.6 Å². The molecule has 2 nitrogen and oxygen atoms in total. The van der Waals surface area contributed by atoms with Crippen molar-refractivity contribution in [2.45, 2.75) is 135 Å². The minimum atomic E-state index is -0.651. The fourth-order valence-electron chi connectivity index (χ4n) is 3.35. The molecule has 0 aliphatic carbocycles. The molecule has 0 saturated carbocycles. The molecule has 0 saturated heterocycles. The fraction of sp³-hybridized carbons (Fsp3) is 0.955. The van der Waals surface area contributed by atoms with Crippen LogP contribution in [-0.4, -0.2) is 69.3 Å². The molecule has 0 aromatic rings. The Morgan fingerprint density at radius 2 is 0.760 bits per heavy atom. The Kier molecular flexibility index (Phi) is 28.8. The predicted molar refractivity (Wildman–Crippen MR) is 111 cm³/mol.